The van der Waals surface area contributed by atoms with Crippen LogP contribution in [-0.4, -0.2) is 37.8 Å². The lowest BCUT2D eigenvalue weighted by atomic mass is 10.1. The van der Waals surface area contributed by atoms with Crippen molar-refractivity contribution in [1.29, 1.82) is 10.5 Å². The Labute approximate surface area is 112 Å². The Kier molecular flexibility index (Phi) is 4.35. The molecule has 0 radical (unpaired) electrons. The Morgan fingerprint density at radius 1 is 1.47 bits per heavy atom. The van der Waals surface area contributed by atoms with E-state index in [1.807, 2.05) is 12.1 Å². The first-order valence-electron chi connectivity index (χ1n) is 6.07. The van der Waals surface area contributed by atoms with E-state index in [0.29, 0.717) is 24.5 Å². The molecule has 1 atom stereocenters. The first kappa shape index (κ1) is 13.4. The number of methoxy groups -OCH3 is 1. The van der Waals surface area contributed by atoms with Crippen molar-refractivity contribution in [3.63, 3.8) is 0 Å². The second kappa shape index (κ2) is 6.19. The number of hydrogen-bond acceptors (Lipinski definition) is 5. The maximum Gasteiger partial charge on any atom is 0.156 e. The van der Waals surface area contributed by atoms with Crippen LogP contribution in [0.5, 0.6) is 5.75 Å². The van der Waals surface area contributed by atoms with Crippen molar-refractivity contribution in [3.05, 3.63) is 29.3 Å². The molecule has 1 saturated heterocycles. The van der Waals surface area contributed by atoms with Crippen LogP contribution in [0.15, 0.2) is 18.2 Å². The summed E-state index contributed by atoms with van der Waals surface area (Å²) in [5.41, 5.74) is 1.59. The van der Waals surface area contributed by atoms with E-state index in [4.69, 9.17) is 20.0 Å². The summed E-state index contributed by atoms with van der Waals surface area (Å²) >= 11 is 0. The highest BCUT2D eigenvalue weighted by Gasteiger charge is 2.20. The van der Waals surface area contributed by atoms with E-state index in [1.165, 1.54) is 0 Å². The summed E-state index contributed by atoms with van der Waals surface area (Å²) in [5, 5.41) is 17.8. The topological polar surface area (TPSA) is 69.3 Å². The van der Waals surface area contributed by atoms with Gasteiger partial charge in [0.25, 0.3) is 0 Å². The molecule has 1 heterocycles. The third kappa shape index (κ3) is 3.23. The maximum absolute atomic E-state index is 8.94. The lowest BCUT2D eigenvalue weighted by molar-refractivity contribution is -0.00270. The molecule has 1 unspecified atom stereocenters. The molecule has 19 heavy (non-hydrogen) atoms. The summed E-state index contributed by atoms with van der Waals surface area (Å²) in [6.45, 7) is 2.72. The average molecular weight is 257 g/mol. The van der Waals surface area contributed by atoms with E-state index in [1.54, 1.807) is 13.2 Å². The zero-order chi connectivity index (χ0) is 13.7. The first-order valence-corrected chi connectivity index (χ1v) is 6.07. The molecule has 0 amide bonds. The fourth-order valence-electron chi connectivity index (χ4n) is 2.11. The zero-order valence-electron chi connectivity index (χ0n) is 10.8. The predicted molar refractivity (Wildman–Crippen MR) is 68.3 cm³/mol. The Balaban J connectivity index is 2.07. The van der Waals surface area contributed by atoms with Crippen LogP contribution in [-0.2, 0) is 11.3 Å². The van der Waals surface area contributed by atoms with Gasteiger partial charge in [-0.1, -0.05) is 6.07 Å². The summed E-state index contributed by atoms with van der Waals surface area (Å²) in [7, 11) is 1.56. The van der Waals surface area contributed by atoms with E-state index in [2.05, 4.69) is 17.0 Å². The van der Waals surface area contributed by atoms with Crippen molar-refractivity contribution in [3.8, 4) is 17.9 Å². The molecule has 5 nitrogen and oxygen atoms in total. The molecule has 1 aliphatic rings. The molecule has 1 aromatic rings. The fourth-order valence-corrected chi connectivity index (χ4v) is 2.11. The van der Waals surface area contributed by atoms with Gasteiger partial charge in [0.2, 0.25) is 0 Å². The molecule has 2 rings (SSSR count). The normalized spacial score (nSPS) is 19.4. The van der Waals surface area contributed by atoms with Gasteiger partial charge in [0.05, 0.1) is 25.3 Å². The molecule has 1 aromatic carbocycles. The summed E-state index contributed by atoms with van der Waals surface area (Å²) < 4.78 is 10.5. The number of rotatable bonds is 3. The minimum atomic E-state index is -0.353. The van der Waals surface area contributed by atoms with Crippen LogP contribution >= 0.6 is 0 Å². The van der Waals surface area contributed by atoms with Gasteiger partial charge in [-0.05, 0) is 17.7 Å². The van der Waals surface area contributed by atoms with Crippen molar-refractivity contribution in [2.24, 2.45) is 0 Å². The number of nitrogens with zero attached hydrogens (tertiary/aromatic N) is 3. The van der Waals surface area contributed by atoms with Crippen LogP contribution in [0.2, 0.25) is 0 Å². The van der Waals surface area contributed by atoms with Crippen molar-refractivity contribution in [2.75, 3.05) is 26.8 Å². The van der Waals surface area contributed by atoms with Gasteiger partial charge in [-0.3, -0.25) is 4.90 Å². The molecule has 98 valence electrons. The molecule has 0 aliphatic carbocycles. The minimum Gasteiger partial charge on any atom is -0.495 e. The Morgan fingerprint density at radius 3 is 3.00 bits per heavy atom. The number of benzene rings is 1. The third-order valence-electron chi connectivity index (χ3n) is 3.09. The van der Waals surface area contributed by atoms with Crippen molar-refractivity contribution >= 4 is 0 Å². The van der Waals surface area contributed by atoms with E-state index < -0.39 is 0 Å². The second-order valence-electron chi connectivity index (χ2n) is 4.37. The average Bonchev–Trinajstić information content (AvgIpc) is 2.47. The van der Waals surface area contributed by atoms with Gasteiger partial charge in [0, 0.05) is 19.6 Å². The largest absolute Gasteiger partial charge is 0.495 e. The number of hydrogen-bond donors (Lipinski definition) is 0. The van der Waals surface area contributed by atoms with Crippen LogP contribution in [0.3, 0.4) is 0 Å². The molecule has 0 spiro atoms. The minimum absolute atomic E-state index is 0.353. The standard InChI is InChI=1S/C14H15N3O2/c1-18-14-6-11(2-3-12(14)7-15)9-17-4-5-19-13(8-16)10-17/h2-3,6,13H,4-5,9-10H2,1H3. The second-order valence-corrected chi connectivity index (χ2v) is 4.37. The van der Waals surface area contributed by atoms with Crippen LogP contribution in [0, 0.1) is 22.7 Å². The third-order valence-corrected chi connectivity index (χ3v) is 3.09. The number of ether oxygens (including phenoxy) is 2. The van der Waals surface area contributed by atoms with E-state index in [-0.39, 0.29) is 6.10 Å². The van der Waals surface area contributed by atoms with E-state index in [0.717, 1.165) is 18.7 Å². The maximum atomic E-state index is 8.94. The smallest absolute Gasteiger partial charge is 0.156 e. The first-order chi connectivity index (χ1) is 9.26. The van der Waals surface area contributed by atoms with Crippen molar-refractivity contribution in [1.82, 2.24) is 4.90 Å². The molecule has 0 aromatic heterocycles. The van der Waals surface area contributed by atoms with Gasteiger partial charge in [-0.25, -0.2) is 0 Å². The quantitative estimate of drug-likeness (QED) is 0.816. The summed E-state index contributed by atoms with van der Waals surface area (Å²) in [4.78, 5) is 2.16. The van der Waals surface area contributed by atoms with Gasteiger partial charge in [-0.15, -0.1) is 0 Å². The van der Waals surface area contributed by atoms with Crippen LogP contribution in [0.4, 0.5) is 0 Å². The van der Waals surface area contributed by atoms with Crippen LogP contribution < -0.4 is 4.74 Å². The molecule has 0 N–H and O–H groups in total. The molecule has 1 fully saturated rings. The Hall–Kier alpha value is -2.08. The molecule has 1 aliphatic heterocycles. The highest BCUT2D eigenvalue weighted by atomic mass is 16.5. The monoisotopic (exact) mass is 257 g/mol. The van der Waals surface area contributed by atoms with Gasteiger partial charge < -0.3 is 9.47 Å². The van der Waals surface area contributed by atoms with Crippen molar-refractivity contribution < 1.29 is 9.47 Å². The highest BCUT2D eigenvalue weighted by Crippen LogP contribution is 2.20. The fraction of sp³-hybridized carbons (Fsp3) is 0.429. The summed E-state index contributed by atoms with van der Waals surface area (Å²) in [5.74, 6) is 0.588. The van der Waals surface area contributed by atoms with Crippen LogP contribution in [0.25, 0.3) is 0 Å². The zero-order valence-corrected chi connectivity index (χ0v) is 10.8. The van der Waals surface area contributed by atoms with Gasteiger partial charge in [0.1, 0.15) is 11.8 Å². The van der Waals surface area contributed by atoms with Gasteiger partial charge in [-0.2, -0.15) is 10.5 Å². The van der Waals surface area contributed by atoms with Gasteiger partial charge in [0.15, 0.2) is 6.10 Å². The van der Waals surface area contributed by atoms with E-state index >= 15 is 0 Å². The Morgan fingerprint density at radius 2 is 2.32 bits per heavy atom. The Bertz CT molecular complexity index is 530. The predicted octanol–water partition coefficient (Wildman–Crippen LogP) is 1.29. The number of nitriles is 2. The van der Waals surface area contributed by atoms with Crippen LogP contribution in [0.1, 0.15) is 11.1 Å². The molecule has 5 heteroatoms. The van der Waals surface area contributed by atoms with E-state index in [9.17, 15) is 0 Å². The molecule has 0 bridgehead atoms. The summed E-state index contributed by atoms with van der Waals surface area (Å²) in [6.07, 6.45) is -0.353. The van der Waals surface area contributed by atoms with Crippen molar-refractivity contribution in [2.45, 2.75) is 12.6 Å². The molecular weight excluding hydrogens is 242 g/mol. The highest BCUT2D eigenvalue weighted by molar-refractivity contribution is 5.45. The summed E-state index contributed by atoms with van der Waals surface area (Å²) in [6, 6.07) is 9.77. The lowest BCUT2D eigenvalue weighted by Crippen LogP contribution is -2.41. The van der Waals surface area contributed by atoms with Gasteiger partial charge >= 0.3 is 0 Å². The number of morpholine rings is 1. The SMILES string of the molecule is COc1cc(CN2CCOC(C#N)C2)ccc1C#N. The lowest BCUT2D eigenvalue weighted by Gasteiger charge is -2.29. The molecular formula is C14H15N3O2. The molecule has 0 saturated carbocycles.